The number of aliphatic hydroxyl groups is 1. The summed E-state index contributed by atoms with van der Waals surface area (Å²) >= 11 is 5.60. The van der Waals surface area contributed by atoms with Crippen LogP contribution in [0.15, 0.2) is 36.4 Å². The summed E-state index contributed by atoms with van der Waals surface area (Å²) in [6.07, 6.45) is -8.79. The van der Waals surface area contributed by atoms with E-state index < -0.39 is 40.6 Å². The molecule has 0 aliphatic heterocycles. The molecule has 0 radical (unpaired) electrons. The summed E-state index contributed by atoms with van der Waals surface area (Å²) in [6.45, 7) is -1.10. The van der Waals surface area contributed by atoms with Gasteiger partial charge in [0, 0.05) is 16.8 Å². The maximum atomic E-state index is 13.7. The van der Waals surface area contributed by atoms with Crippen molar-refractivity contribution in [3.05, 3.63) is 63.7 Å². The van der Waals surface area contributed by atoms with Gasteiger partial charge in [0.1, 0.15) is 0 Å². The fourth-order valence-corrected chi connectivity index (χ4v) is 3.58. The summed E-state index contributed by atoms with van der Waals surface area (Å²) in [7, 11) is 0. The van der Waals surface area contributed by atoms with E-state index in [-0.39, 0.29) is 12.1 Å². The van der Waals surface area contributed by atoms with Crippen molar-refractivity contribution in [3.63, 3.8) is 0 Å². The smallest absolute Gasteiger partial charge is 0.381 e. The molecule has 1 aliphatic rings. The van der Waals surface area contributed by atoms with Crippen LogP contribution in [-0.2, 0) is 18.2 Å². The van der Waals surface area contributed by atoms with E-state index in [9.17, 15) is 31.4 Å². The molecule has 0 saturated heterocycles. The SMILES string of the molecule is N[C@H]1CCc2cc(NC[C@@](O)(c3cc(Cl)cc(C(F)(F)F)c3)C(F)(F)F)ccc21. The van der Waals surface area contributed by atoms with Crippen molar-refractivity contribution in [2.24, 2.45) is 5.73 Å². The highest BCUT2D eigenvalue weighted by Gasteiger charge is 2.55. The molecule has 3 nitrogen and oxygen atoms in total. The average Bonchev–Trinajstić information content (AvgIpc) is 2.98. The summed E-state index contributed by atoms with van der Waals surface area (Å²) in [5, 5.41) is 12.3. The minimum absolute atomic E-state index is 0.140. The lowest BCUT2D eigenvalue weighted by molar-refractivity contribution is -0.260. The number of nitrogens with one attached hydrogen (secondary N) is 1. The van der Waals surface area contributed by atoms with Gasteiger partial charge in [-0.3, -0.25) is 0 Å². The monoisotopic (exact) mass is 438 g/mol. The molecule has 29 heavy (non-hydrogen) atoms. The second-order valence-corrected chi connectivity index (χ2v) is 7.43. The van der Waals surface area contributed by atoms with Gasteiger partial charge in [-0.2, -0.15) is 26.3 Å². The number of hydrogen-bond acceptors (Lipinski definition) is 3. The summed E-state index contributed by atoms with van der Waals surface area (Å²) in [5.74, 6) is 0. The number of aryl methyl sites for hydroxylation is 1. The molecule has 3 rings (SSSR count). The third-order valence-corrected chi connectivity index (χ3v) is 5.21. The second kappa shape index (κ2) is 7.37. The first kappa shape index (κ1) is 21.7. The Hall–Kier alpha value is -1.97. The van der Waals surface area contributed by atoms with Gasteiger partial charge in [0.15, 0.2) is 0 Å². The quantitative estimate of drug-likeness (QED) is 0.577. The van der Waals surface area contributed by atoms with E-state index in [1.807, 2.05) is 0 Å². The molecule has 0 heterocycles. The minimum atomic E-state index is -5.26. The number of nitrogens with two attached hydrogens (primary N) is 1. The van der Waals surface area contributed by atoms with E-state index in [1.165, 1.54) is 6.07 Å². The van der Waals surface area contributed by atoms with Crippen LogP contribution in [0.1, 0.15) is 34.7 Å². The third-order valence-electron chi connectivity index (χ3n) is 4.99. The van der Waals surface area contributed by atoms with Gasteiger partial charge in [-0.1, -0.05) is 17.7 Å². The number of fused-ring (bicyclic) bond motifs is 1. The highest BCUT2D eigenvalue weighted by molar-refractivity contribution is 6.30. The van der Waals surface area contributed by atoms with Crippen molar-refractivity contribution in [3.8, 4) is 0 Å². The molecule has 10 heteroatoms. The summed E-state index contributed by atoms with van der Waals surface area (Å²) < 4.78 is 80.1. The summed E-state index contributed by atoms with van der Waals surface area (Å²) in [5.41, 5.74) is 2.01. The van der Waals surface area contributed by atoms with Gasteiger partial charge >= 0.3 is 12.4 Å². The fourth-order valence-electron chi connectivity index (χ4n) is 3.35. The molecule has 2 aromatic carbocycles. The van der Waals surface area contributed by atoms with E-state index in [0.29, 0.717) is 30.7 Å². The molecule has 0 saturated carbocycles. The Morgan fingerprint density at radius 1 is 1.03 bits per heavy atom. The molecule has 4 N–H and O–H groups in total. The molecule has 0 spiro atoms. The Labute approximate surface area is 167 Å². The Morgan fingerprint density at radius 2 is 1.69 bits per heavy atom. The van der Waals surface area contributed by atoms with Crippen LogP contribution >= 0.6 is 11.6 Å². The van der Waals surface area contributed by atoms with Crippen LogP contribution in [0.3, 0.4) is 0 Å². The van der Waals surface area contributed by atoms with Gasteiger partial charge < -0.3 is 16.2 Å². The number of anilines is 1. The Morgan fingerprint density at radius 3 is 2.31 bits per heavy atom. The second-order valence-electron chi connectivity index (χ2n) is 7.00. The van der Waals surface area contributed by atoms with Crippen LogP contribution in [0.2, 0.25) is 5.02 Å². The Balaban J connectivity index is 1.94. The van der Waals surface area contributed by atoms with Gasteiger partial charge in [-0.05, 0) is 59.9 Å². The predicted octanol–water partition coefficient (Wildman–Crippen LogP) is 5.17. The molecular weight excluding hydrogens is 422 g/mol. The zero-order valence-electron chi connectivity index (χ0n) is 14.8. The molecular formula is C19H17ClF6N2O. The zero-order valence-corrected chi connectivity index (χ0v) is 15.6. The molecule has 0 fully saturated rings. The fraction of sp³-hybridized carbons (Fsp3) is 0.368. The Kier molecular flexibility index (Phi) is 5.53. The average molecular weight is 439 g/mol. The first-order valence-electron chi connectivity index (χ1n) is 8.61. The van der Waals surface area contributed by atoms with Crippen LogP contribution in [0.5, 0.6) is 0 Å². The number of hydrogen-bond donors (Lipinski definition) is 3. The topological polar surface area (TPSA) is 58.3 Å². The van der Waals surface area contributed by atoms with Crippen LogP contribution < -0.4 is 11.1 Å². The first-order chi connectivity index (χ1) is 13.3. The van der Waals surface area contributed by atoms with Crippen molar-refractivity contribution in [1.82, 2.24) is 0 Å². The van der Waals surface area contributed by atoms with E-state index in [0.717, 1.165) is 11.1 Å². The number of rotatable bonds is 4. The van der Waals surface area contributed by atoms with Crippen LogP contribution in [0.4, 0.5) is 32.0 Å². The van der Waals surface area contributed by atoms with Crippen molar-refractivity contribution >= 4 is 17.3 Å². The first-order valence-corrected chi connectivity index (χ1v) is 8.99. The summed E-state index contributed by atoms with van der Waals surface area (Å²) in [4.78, 5) is 0. The lowest BCUT2D eigenvalue weighted by atomic mass is 9.91. The summed E-state index contributed by atoms with van der Waals surface area (Å²) in [6, 6.07) is 6.11. The van der Waals surface area contributed by atoms with Crippen molar-refractivity contribution < 1.29 is 31.4 Å². The predicted molar refractivity (Wildman–Crippen MR) is 96.6 cm³/mol. The normalized spacial score (nSPS) is 19.0. The highest BCUT2D eigenvalue weighted by atomic mass is 35.5. The van der Waals surface area contributed by atoms with E-state index >= 15 is 0 Å². The molecule has 1 aliphatic carbocycles. The lowest BCUT2D eigenvalue weighted by Gasteiger charge is -2.32. The Bertz CT molecular complexity index is 915. The zero-order chi connectivity index (χ0) is 21.6. The van der Waals surface area contributed by atoms with Crippen molar-refractivity contribution in [2.45, 2.75) is 36.8 Å². The molecule has 0 aromatic heterocycles. The van der Waals surface area contributed by atoms with Gasteiger partial charge in [0.25, 0.3) is 0 Å². The van der Waals surface area contributed by atoms with Gasteiger partial charge in [0.05, 0.1) is 12.1 Å². The molecule has 2 aromatic rings. The molecule has 0 bridgehead atoms. The van der Waals surface area contributed by atoms with E-state index in [2.05, 4.69) is 5.32 Å². The maximum Gasteiger partial charge on any atom is 0.423 e. The van der Waals surface area contributed by atoms with E-state index in [4.69, 9.17) is 17.3 Å². The third kappa shape index (κ3) is 4.31. The molecule has 0 unspecified atom stereocenters. The molecule has 158 valence electrons. The largest absolute Gasteiger partial charge is 0.423 e. The molecule has 2 atom stereocenters. The van der Waals surface area contributed by atoms with Gasteiger partial charge in [-0.15, -0.1) is 0 Å². The van der Waals surface area contributed by atoms with Crippen molar-refractivity contribution in [1.29, 1.82) is 0 Å². The lowest BCUT2D eigenvalue weighted by Crippen LogP contribution is -2.48. The van der Waals surface area contributed by atoms with Gasteiger partial charge in [-0.25, -0.2) is 0 Å². The van der Waals surface area contributed by atoms with Crippen LogP contribution in [0.25, 0.3) is 0 Å². The number of halogens is 7. The van der Waals surface area contributed by atoms with Crippen LogP contribution in [-0.4, -0.2) is 17.8 Å². The minimum Gasteiger partial charge on any atom is -0.381 e. The van der Waals surface area contributed by atoms with Crippen molar-refractivity contribution in [2.75, 3.05) is 11.9 Å². The highest BCUT2D eigenvalue weighted by Crippen LogP contribution is 2.42. The van der Waals surface area contributed by atoms with E-state index in [1.54, 1.807) is 12.1 Å². The van der Waals surface area contributed by atoms with Gasteiger partial charge in [0.2, 0.25) is 5.60 Å². The number of benzene rings is 2. The number of alkyl halides is 6. The maximum absolute atomic E-state index is 13.7. The molecule has 0 amide bonds. The van der Waals surface area contributed by atoms with Crippen LogP contribution in [0, 0.1) is 0 Å². The standard InChI is InChI=1S/C19H17ClF6N2O/c20-13-7-11(6-12(8-13)18(21,22)23)17(29,19(24,25)26)9-28-14-2-3-15-10(5-14)1-4-16(15)27/h2-3,5-8,16,28-29H,1,4,9,27H2/t16-,17+/m0/s1.